The van der Waals surface area contributed by atoms with Crippen molar-refractivity contribution >= 4 is 11.9 Å². The zero-order valence-corrected chi connectivity index (χ0v) is 39.7. The lowest BCUT2D eigenvalue weighted by molar-refractivity contribution is -0.143. The molecule has 59 heavy (non-hydrogen) atoms. The normalized spacial score (nSPS) is 12.7. The summed E-state index contributed by atoms with van der Waals surface area (Å²) in [5, 5.41) is 23.1. The van der Waals surface area contributed by atoms with Crippen molar-refractivity contribution in [3.63, 3.8) is 0 Å². The minimum Gasteiger partial charge on any atom is -0.466 e. The average molecular weight is 834 g/mol. The van der Waals surface area contributed by atoms with Crippen molar-refractivity contribution in [2.45, 2.75) is 302 Å². The standard InChI is InChI=1S/C53H103NO5/c1-3-5-7-9-11-13-15-17-18-19-20-22-25-29-33-37-41-45-51(56)50(49-55)54-52(57)46-42-38-34-30-26-23-21-24-28-32-36-40-44-48-59-53(58)47-43-39-35-31-27-16-14-12-10-8-6-4-2/h41,45,50-51,55-56H,3-40,42-44,46-49H2,1-2H3,(H,54,57)/b45-41+. The predicted octanol–water partition coefficient (Wildman–Crippen LogP) is 15.7. The fourth-order valence-corrected chi connectivity index (χ4v) is 8.22. The van der Waals surface area contributed by atoms with Crippen LogP contribution in [0.1, 0.15) is 290 Å². The van der Waals surface area contributed by atoms with E-state index in [1.165, 1.54) is 205 Å². The molecule has 0 aromatic carbocycles. The van der Waals surface area contributed by atoms with Crippen LogP contribution in [0.2, 0.25) is 0 Å². The number of unbranched alkanes of at least 4 members (excludes halogenated alkanes) is 38. The number of esters is 1. The lowest BCUT2D eigenvalue weighted by atomic mass is 10.0. The molecule has 0 heterocycles. The molecule has 0 saturated carbocycles. The van der Waals surface area contributed by atoms with E-state index >= 15 is 0 Å². The molecule has 0 radical (unpaired) electrons. The van der Waals surface area contributed by atoms with Crippen molar-refractivity contribution in [1.82, 2.24) is 5.32 Å². The molecule has 0 aromatic rings. The first-order chi connectivity index (χ1) is 29.0. The highest BCUT2D eigenvalue weighted by molar-refractivity contribution is 5.76. The summed E-state index contributed by atoms with van der Waals surface area (Å²) in [6, 6.07) is -0.636. The maximum atomic E-state index is 12.4. The zero-order chi connectivity index (χ0) is 43.0. The molecule has 1 amide bonds. The van der Waals surface area contributed by atoms with Crippen LogP contribution in [-0.2, 0) is 14.3 Å². The maximum absolute atomic E-state index is 12.4. The molecule has 2 unspecified atom stereocenters. The summed E-state index contributed by atoms with van der Waals surface area (Å²) in [6.45, 7) is 4.88. The van der Waals surface area contributed by atoms with E-state index in [2.05, 4.69) is 19.2 Å². The number of ether oxygens (including phenoxy) is 1. The topological polar surface area (TPSA) is 95.9 Å². The first-order valence-corrected chi connectivity index (χ1v) is 26.5. The van der Waals surface area contributed by atoms with Crippen molar-refractivity contribution in [2.24, 2.45) is 0 Å². The second-order valence-corrected chi connectivity index (χ2v) is 18.2. The summed E-state index contributed by atoms with van der Waals surface area (Å²) < 4.78 is 5.45. The van der Waals surface area contributed by atoms with Gasteiger partial charge in [0, 0.05) is 12.8 Å². The molecule has 0 aliphatic heterocycles. The van der Waals surface area contributed by atoms with Crippen molar-refractivity contribution in [2.75, 3.05) is 13.2 Å². The minimum atomic E-state index is -0.852. The second kappa shape index (κ2) is 49.3. The molecule has 0 aliphatic rings. The number of hydrogen-bond acceptors (Lipinski definition) is 5. The molecule has 6 heteroatoms. The Morgan fingerprint density at radius 2 is 0.780 bits per heavy atom. The molecule has 2 atom stereocenters. The van der Waals surface area contributed by atoms with Crippen LogP contribution in [0.3, 0.4) is 0 Å². The van der Waals surface area contributed by atoms with Crippen LogP contribution in [0, 0.1) is 0 Å². The number of hydrogen-bond donors (Lipinski definition) is 3. The van der Waals surface area contributed by atoms with Crippen LogP contribution in [0.5, 0.6) is 0 Å². The van der Waals surface area contributed by atoms with Gasteiger partial charge in [-0.25, -0.2) is 0 Å². The van der Waals surface area contributed by atoms with Gasteiger partial charge in [-0.1, -0.05) is 257 Å². The summed E-state index contributed by atoms with van der Waals surface area (Å²) in [5.41, 5.74) is 0. The third-order valence-corrected chi connectivity index (χ3v) is 12.3. The average Bonchev–Trinajstić information content (AvgIpc) is 3.24. The second-order valence-electron chi connectivity index (χ2n) is 18.2. The molecule has 0 aliphatic carbocycles. The van der Waals surface area contributed by atoms with Crippen LogP contribution < -0.4 is 5.32 Å². The van der Waals surface area contributed by atoms with Crippen molar-refractivity contribution in [1.29, 1.82) is 0 Å². The quantitative estimate of drug-likeness (QED) is 0.0322. The summed E-state index contributed by atoms with van der Waals surface area (Å²) in [4.78, 5) is 24.4. The number of carbonyl (C=O) groups excluding carboxylic acids is 2. The Morgan fingerprint density at radius 3 is 1.15 bits per heavy atom. The number of aliphatic hydroxyl groups is 2. The van der Waals surface area contributed by atoms with Crippen LogP contribution >= 0.6 is 0 Å². The van der Waals surface area contributed by atoms with Gasteiger partial charge in [0.05, 0.1) is 25.4 Å². The van der Waals surface area contributed by atoms with Gasteiger partial charge in [-0.2, -0.15) is 0 Å². The number of amides is 1. The van der Waals surface area contributed by atoms with Gasteiger partial charge in [0.25, 0.3) is 0 Å². The van der Waals surface area contributed by atoms with Crippen LogP contribution in [0.25, 0.3) is 0 Å². The van der Waals surface area contributed by atoms with E-state index < -0.39 is 12.1 Å². The fourth-order valence-electron chi connectivity index (χ4n) is 8.22. The van der Waals surface area contributed by atoms with E-state index in [9.17, 15) is 19.8 Å². The molecule has 0 saturated heterocycles. The van der Waals surface area contributed by atoms with Gasteiger partial charge < -0.3 is 20.3 Å². The molecule has 3 N–H and O–H groups in total. The molecule has 0 bridgehead atoms. The van der Waals surface area contributed by atoms with E-state index in [0.29, 0.717) is 19.4 Å². The lowest BCUT2D eigenvalue weighted by Crippen LogP contribution is -2.45. The van der Waals surface area contributed by atoms with Gasteiger partial charge >= 0.3 is 5.97 Å². The molecule has 0 rings (SSSR count). The highest BCUT2D eigenvalue weighted by atomic mass is 16.5. The SMILES string of the molecule is CCCCCCCCCCCCCCCCC/C=C/C(O)C(CO)NC(=O)CCCCCCCCCCCCCCCOC(=O)CCCCCCCCCCCCCC. The summed E-state index contributed by atoms with van der Waals surface area (Å²) >= 11 is 0. The van der Waals surface area contributed by atoms with Crippen molar-refractivity contribution in [3.05, 3.63) is 12.2 Å². The van der Waals surface area contributed by atoms with Crippen molar-refractivity contribution < 1.29 is 24.5 Å². The number of nitrogens with one attached hydrogen (secondary N) is 1. The van der Waals surface area contributed by atoms with Crippen LogP contribution in [-0.4, -0.2) is 47.4 Å². The van der Waals surface area contributed by atoms with Crippen LogP contribution in [0.4, 0.5) is 0 Å². The molecule has 0 aromatic heterocycles. The van der Waals surface area contributed by atoms with Gasteiger partial charge in [0.2, 0.25) is 5.91 Å². The van der Waals surface area contributed by atoms with Gasteiger partial charge in [-0.3, -0.25) is 9.59 Å². The largest absolute Gasteiger partial charge is 0.466 e. The molecule has 350 valence electrons. The molecule has 0 fully saturated rings. The first kappa shape index (κ1) is 57.6. The van der Waals surface area contributed by atoms with Gasteiger partial charge in [-0.15, -0.1) is 0 Å². The molecule has 0 spiro atoms. The summed E-state index contributed by atoms with van der Waals surface area (Å²) in [5.74, 6) is -0.0846. The Labute approximate surface area is 368 Å². The number of carbonyl (C=O) groups is 2. The Morgan fingerprint density at radius 1 is 0.458 bits per heavy atom. The zero-order valence-electron chi connectivity index (χ0n) is 39.7. The van der Waals surface area contributed by atoms with E-state index in [1.54, 1.807) is 6.08 Å². The van der Waals surface area contributed by atoms with E-state index in [0.717, 1.165) is 57.8 Å². The minimum absolute atomic E-state index is 0.00586. The Balaban J connectivity index is 3.49. The highest BCUT2D eigenvalue weighted by Gasteiger charge is 2.18. The maximum Gasteiger partial charge on any atom is 0.305 e. The Hall–Kier alpha value is -1.40. The van der Waals surface area contributed by atoms with Gasteiger partial charge in [0.15, 0.2) is 0 Å². The van der Waals surface area contributed by atoms with Crippen LogP contribution in [0.15, 0.2) is 12.2 Å². The molecular formula is C53H103NO5. The Bertz CT molecular complexity index is 878. The summed E-state index contributed by atoms with van der Waals surface area (Å²) in [7, 11) is 0. The highest BCUT2D eigenvalue weighted by Crippen LogP contribution is 2.16. The monoisotopic (exact) mass is 834 g/mol. The summed E-state index contributed by atoms with van der Waals surface area (Å²) in [6.07, 6.45) is 56.4. The first-order valence-electron chi connectivity index (χ1n) is 26.5. The molecular weight excluding hydrogens is 731 g/mol. The third-order valence-electron chi connectivity index (χ3n) is 12.3. The van der Waals surface area contributed by atoms with Gasteiger partial charge in [-0.05, 0) is 32.1 Å². The van der Waals surface area contributed by atoms with E-state index in [1.807, 2.05) is 6.08 Å². The number of rotatable bonds is 49. The fraction of sp³-hybridized carbons (Fsp3) is 0.925. The Kier molecular flexibility index (Phi) is 48.1. The number of aliphatic hydroxyl groups excluding tert-OH is 2. The number of allylic oxidation sites excluding steroid dienone is 1. The molecule has 6 nitrogen and oxygen atoms in total. The van der Waals surface area contributed by atoms with E-state index in [-0.39, 0.29) is 18.5 Å². The smallest absolute Gasteiger partial charge is 0.305 e. The third kappa shape index (κ3) is 45.9. The van der Waals surface area contributed by atoms with Crippen molar-refractivity contribution in [3.8, 4) is 0 Å². The predicted molar refractivity (Wildman–Crippen MR) is 255 cm³/mol. The van der Waals surface area contributed by atoms with Gasteiger partial charge in [0.1, 0.15) is 0 Å². The van der Waals surface area contributed by atoms with E-state index in [4.69, 9.17) is 4.74 Å². The lowest BCUT2D eigenvalue weighted by Gasteiger charge is -2.20.